The van der Waals surface area contributed by atoms with Crippen molar-refractivity contribution in [2.24, 2.45) is 5.92 Å². The summed E-state index contributed by atoms with van der Waals surface area (Å²) in [5, 5.41) is 7.03. The van der Waals surface area contributed by atoms with E-state index >= 15 is 0 Å². The monoisotopic (exact) mass is 294 g/mol. The maximum absolute atomic E-state index is 11.4. The highest BCUT2D eigenvalue weighted by Gasteiger charge is 2.20. The SMILES string of the molecule is CCC(C)CC(CC)Nc1cc2c(cc1Cl)NC(=O)C2. The van der Waals surface area contributed by atoms with Crippen molar-refractivity contribution < 1.29 is 4.79 Å². The average molecular weight is 295 g/mol. The third-order valence-electron chi connectivity index (χ3n) is 4.05. The molecule has 2 atom stereocenters. The number of halogens is 1. The number of hydrogen-bond acceptors (Lipinski definition) is 2. The number of rotatable bonds is 6. The Bertz CT molecular complexity index is 501. The molecule has 0 spiro atoms. The Hall–Kier alpha value is -1.22. The van der Waals surface area contributed by atoms with Crippen molar-refractivity contribution >= 4 is 28.9 Å². The van der Waals surface area contributed by atoms with Crippen molar-refractivity contribution in [3.8, 4) is 0 Å². The second kappa shape index (κ2) is 6.49. The van der Waals surface area contributed by atoms with E-state index in [0.29, 0.717) is 23.4 Å². The van der Waals surface area contributed by atoms with Gasteiger partial charge in [-0.1, -0.05) is 38.8 Å². The van der Waals surface area contributed by atoms with E-state index in [1.165, 1.54) is 6.42 Å². The maximum Gasteiger partial charge on any atom is 0.228 e. The Morgan fingerprint density at radius 3 is 2.75 bits per heavy atom. The standard InChI is InChI=1S/C16H23ClN2O/c1-4-10(3)6-12(5-2)18-15-7-11-8-16(20)19-14(11)9-13(15)17/h7,9-10,12,18H,4-6,8H2,1-3H3,(H,19,20). The quantitative estimate of drug-likeness (QED) is 0.813. The Balaban J connectivity index is 2.13. The van der Waals surface area contributed by atoms with E-state index in [1.54, 1.807) is 0 Å². The molecule has 3 nitrogen and oxygen atoms in total. The van der Waals surface area contributed by atoms with Crippen LogP contribution in [0.3, 0.4) is 0 Å². The molecular formula is C16H23ClN2O. The van der Waals surface area contributed by atoms with E-state index in [4.69, 9.17) is 11.6 Å². The summed E-state index contributed by atoms with van der Waals surface area (Å²) in [5.41, 5.74) is 2.82. The van der Waals surface area contributed by atoms with E-state index in [0.717, 1.165) is 29.8 Å². The Morgan fingerprint density at radius 2 is 2.10 bits per heavy atom. The summed E-state index contributed by atoms with van der Waals surface area (Å²) < 4.78 is 0. The summed E-state index contributed by atoms with van der Waals surface area (Å²) in [6, 6.07) is 4.28. The van der Waals surface area contributed by atoms with Crippen LogP contribution in [0, 0.1) is 5.92 Å². The highest BCUT2D eigenvalue weighted by atomic mass is 35.5. The summed E-state index contributed by atoms with van der Waals surface area (Å²) >= 11 is 6.31. The molecule has 1 aliphatic rings. The second-order valence-corrected chi connectivity index (χ2v) is 6.12. The van der Waals surface area contributed by atoms with E-state index in [9.17, 15) is 4.79 Å². The summed E-state index contributed by atoms with van der Waals surface area (Å²) in [4.78, 5) is 11.4. The van der Waals surface area contributed by atoms with E-state index in [-0.39, 0.29) is 5.91 Å². The van der Waals surface area contributed by atoms with Gasteiger partial charge in [0.15, 0.2) is 0 Å². The van der Waals surface area contributed by atoms with Crippen LogP contribution in [0.25, 0.3) is 0 Å². The smallest absolute Gasteiger partial charge is 0.228 e. The fourth-order valence-corrected chi connectivity index (χ4v) is 2.78. The molecule has 0 aromatic heterocycles. The molecule has 0 saturated carbocycles. The lowest BCUT2D eigenvalue weighted by Crippen LogP contribution is -2.21. The van der Waals surface area contributed by atoms with Crippen molar-refractivity contribution in [2.75, 3.05) is 10.6 Å². The minimum Gasteiger partial charge on any atom is -0.381 e. The Labute approximate surface area is 126 Å². The van der Waals surface area contributed by atoms with Crippen LogP contribution in [0.2, 0.25) is 5.02 Å². The van der Waals surface area contributed by atoms with Crippen molar-refractivity contribution in [1.29, 1.82) is 0 Å². The molecule has 0 radical (unpaired) electrons. The molecule has 0 bridgehead atoms. The number of anilines is 2. The molecule has 20 heavy (non-hydrogen) atoms. The van der Waals surface area contributed by atoms with Crippen molar-refractivity contribution in [1.82, 2.24) is 0 Å². The lowest BCUT2D eigenvalue weighted by molar-refractivity contribution is -0.115. The van der Waals surface area contributed by atoms with E-state index in [1.807, 2.05) is 12.1 Å². The Morgan fingerprint density at radius 1 is 1.35 bits per heavy atom. The summed E-state index contributed by atoms with van der Waals surface area (Å²) in [6.07, 6.45) is 3.84. The van der Waals surface area contributed by atoms with Crippen LogP contribution in [-0.4, -0.2) is 11.9 Å². The first-order valence-electron chi connectivity index (χ1n) is 7.42. The van der Waals surface area contributed by atoms with Crippen molar-refractivity contribution in [3.05, 3.63) is 22.7 Å². The number of carbonyl (C=O) groups excluding carboxylic acids is 1. The molecule has 1 amide bonds. The number of hydrogen-bond donors (Lipinski definition) is 2. The highest BCUT2D eigenvalue weighted by Crippen LogP contribution is 2.33. The topological polar surface area (TPSA) is 41.1 Å². The number of amides is 1. The van der Waals surface area contributed by atoms with Gasteiger partial charge < -0.3 is 10.6 Å². The van der Waals surface area contributed by atoms with Crippen LogP contribution in [0.5, 0.6) is 0 Å². The number of carbonyl (C=O) groups is 1. The van der Waals surface area contributed by atoms with Gasteiger partial charge >= 0.3 is 0 Å². The summed E-state index contributed by atoms with van der Waals surface area (Å²) in [7, 11) is 0. The van der Waals surface area contributed by atoms with Gasteiger partial charge in [0.2, 0.25) is 5.91 Å². The van der Waals surface area contributed by atoms with Gasteiger partial charge in [-0.25, -0.2) is 0 Å². The van der Waals surface area contributed by atoms with Gasteiger partial charge in [0.05, 0.1) is 17.1 Å². The van der Waals surface area contributed by atoms with E-state index in [2.05, 4.69) is 31.4 Å². The first-order chi connectivity index (χ1) is 9.53. The fraction of sp³-hybridized carbons (Fsp3) is 0.562. The molecule has 1 aromatic carbocycles. The lowest BCUT2D eigenvalue weighted by atomic mass is 9.97. The van der Waals surface area contributed by atoms with Gasteiger partial charge in [-0.3, -0.25) is 4.79 Å². The van der Waals surface area contributed by atoms with Crippen LogP contribution in [0.4, 0.5) is 11.4 Å². The third kappa shape index (κ3) is 3.45. The lowest BCUT2D eigenvalue weighted by Gasteiger charge is -2.22. The zero-order valence-corrected chi connectivity index (χ0v) is 13.2. The van der Waals surface area contributed by atoms with Crippen molar-refractivity contribution in [2.45, 2.75) is 52.5 Å². The normalized spacial score (nSPS) is 16.5. The largest absolute Gasteiger partial charge is 0.381 e. The highest BCUT2D eigenvalue weighted by molar-refractivity contribution is 6.33. The minimum absolute atomic E-state index is 0.0415. The van der Waals surface area contributed by atoms with Crippen molar-refractivity contribution in [3.63, 3.8) is 0 Å². The molecule has 110 valence electrons. The zero-order valence-electron chi connectivity index (χ0n) is 12.4. The molecular weight excluding hydrogens is 272 g/mol. The molecule has 4 heteroatoms. The van der Waals surface area contributed by atoms with Crippen LogP contribution < -0.4 is 10.6 Å². The molecule has 1 aliphatic heterocycles. The minimum atomic E-state index is 0.0415. The number of nitrogens with one attached hydrogen (secondary N) is 2. The third-order valence-corrected chi connectivity index (χ3v) is 4.37. The zero-order chi connectivity index (χ0) is 14.7. The number of benzene rings is 1. The van der Waals surface area contributed by atoms with E-state index < -0.39 is 0 Å². The summed E-state index contributed by atoms with van der Waals surface area (Å²) in [6.45, 7) is 6.68. The molecule has 2 rings (SSSR count). The van der Waals surface area contributed by atoms with Gasteiger partial charge in [0.1, 0.15) is 0 Å². The van der Waals surface area contributed by atoms with Gasteiger partial charge in [0.25, 0.3) is 0 Å². The first-order valence-corrected chi connectivity index (χ1v) is 7.80. The average Bonchev–Trinajstić information content (AvgIpc) is 2.77. The molecule has 2 unspecified atom stereocenters. The van der Waals surface area contributed by atoms with Crippen LogP contribution in [0.15, 0.2) is 12.1 Å². The maximum atomic E-state index is 11.4. The van der Waals surface area contributed by atoms with Gasteiger partial charge in [-0.05, 0) is 36.5 Å². The molecule has 2 N–H and O–H groups in total. The van der Waals surface area contributed by atoms with Crippen LogP contribution in [-0.2, 0) is 11.2 Å². The molecule has 1 aromatic rings. The van der Waals surface area contributed by atoms with Gasteiger partial charge in [-0.2, -0.15) is 0 Å². The van der Waals surface area contributed by atoms with Crippen LogP contribution >= 0.6 is 11.6 Å². The molecule has 0 fully saturated rings. The van der Waals surface area contributed by atoms with Crippen LogP contribution in [0.1, 0.15) is 45.6 Å². The van der Waals surface area contributed by atoms with Gasteiger partial charge in [-0.15, -0.1) is 0 Å². The Kier molecular flexibility index (Phi) is 4.92. The fourth-order valence-electron chi connectivity index (χ4n) is 2.56. The summed E-state index contributed by atoms with van der Waals surface area (Å²) in [5.74, 6) is 0.740. The molecule has 1 heterocycles. The van der Waals surface area contributed by atoms with Gasteiger partial charge in [0, 0.05) is 11.7 Å². The second-order valence-electron chi connectivity index (χ2n) is 5.71. The molecule has 0 aliphatic carbocycles. The predicted octanol–water partition coefficient (Wildman–Crippen LogP) is 4.46. The molecule has 0 saturated heterocycles. The first kappa shape index (κ1) is 15.2. The predicted molar refractivity (Wildman–Crippen MR) is 85.6 cm³/mol. The number of fused-ring (bicyclic) bond motifs is 1.